The number of hydrogen-bond donors (Lipinski definition) is 3. The average Bonchev–Trinajstić information content (AvgIpc) is 2.82. The summed E-state index contributed by atoms with van der Waals surface area (Å²) in [5.74, 6) is 0.100. The van der Waals surface area contributed by atoms with E-state index in [9.17, 15) is 18.0 Å². The van der Waals surface area contributed by atoms with Gasteiger partial charge >= 0.3 is 0 Å². The van der Waals surface area contributed by atoms with Crippen molar-refractivity contribution in [3.8, 4) is 5.75 Å². The van der Waals surface area contributed by atoms with Gasteiger partial charge in [0.2, 0.25) is 15.9 Å². The highest BCUT2D eigenvalue weighted by molar-refractivity contribution is 8.00. The van der Waals surface area contributed by atoms with Crippen molar-refractivity contribution in [2.45, 2.75) is 28.4 Å². The zero-order chi connectivity index (χ0) is 24.7. The lowest BCUT2D eigenvalue weighted by molar-refractivity contribution is -0.115. The van der Waals surface area contributed by atoms with Gasteiger partial charge in [-0.3, -0.25) is 9.59 Å². The molecule has 0 bridgehead atoms. The number of sulfonamides is 1. The standard InChI is InChI=1S/C24H25N3O5S2/c1-3-22(24(29)26-17-10-12-21(13-11-17)34(25,30)31)33-20-9-5-7-18(15-20)27-23(28)16-6-4-8-19(14-16)32-2/h4-15,22H,3H2,1-2H3,(H,26,29)(H,27,28)(H2,25,30,31). The Bertz CT molecular complexity index is 1280. The Labute approximate surface area is 202 Å². The number of nitrogens with one attached hydrogen (secondary N) is 2. The molecule has 0 fully saturated rings. The third-order valence-corrected chi connectivity index (χ3v) is 7.10. The molecule has 0 heterocycles. The molecule has 0 saturated heterocycles. The number of anilines is 2. The lowest BCUT2D eigenvalue weighted by Crippen LogP contribution is -2.24. The largest absolute Gasteiger partial charge is 0.497 e. The van der Waals surface area contributed by atoms with Crippen molar-refractivity contribution in [1.82, 2.24) is 0 Å². The molecule has 0 radical (unpaired) electrons. The number of ether oxygens (including phenoxy) is 1. The van der Waals surface area contributed by atoms with Gasteiger partial charge < -0.3 is 15.4 Å². The Kier molecular flexibility index (Phi) is 8.32. The van der Waals surface area contributed by atoms with Crippen molar-refractivity contribution in [1.29, 1.82) is 0 Å². The maximum absolute atomic E-state index is 12.8. The zero-order valence-corrected chi connectivity index (χ0v) is 20.3. The van der Waals surface area contributed by atoms with E-state index in [2.05, 4.69) is 10.6 Å². The van der Waals surface area contributed by atoms with Gasteiger partial charge in [-0.2, -0.15) is 0 Å². The quantitative estimate of drug-likeness (QED) is 0.380. The van der Waals surface area contributed by atoms with Crippen LogP contribution in [-0.2, 0) is 14.8 Å². The van der Waals surface area contributed by atoms with Crippen LogP contribution in [-0.4, -0.2) is 32.6 Å². The third kappa shape index (κ3) is 6.83. The number of rotatable bonds is 9. The molecule has 2 amide bonds. The first-order valence-electron chi connectivity index (χ1n) is 10.4. The van der Waals surface area contributed by atoms with Gasteiger partial charge in [0, 0.05) is 21.8 Å². The maximum atomic E-state index is 12.8. The highest BCUT2D eigenvalue weighted by atomic mass is 32.2. The summed E-state index contributed by atoms with van der Waals surface area (Å²) in [4.78, 5) is 26.2. The predicted octanol–water partition coefficient (Wildman–Crippen LogP) is 4.10. The molecule has 3 rings (SSSR count). The van der Waals surface area contributed by atoms with E-state index in [0.29, 0.717) is 29.1 Å². The average molecular weight is 500 g/mol. The van der Waals surface area contributed by atoms with Crippen LogP contribution >= 0.6 is 11.8 Å². The number of carbonyl (C=O) groups is 2. The lowest BCUT2D eigenvalue weighted by atomic mass is 10.2. The van der Waals surface area contributed by atoms with E-state index in [1.165, 1.54) is 43.1 Å². The van der Waals surface area contributed by atoms with E-state index in [1.807, 2.05) is 13.0 Å². The fraction of sp³-hybridized carbons (Fsp3) is 0.167. The number of thioether (sulfide) groups is 1. The molecule has 0 aliphatic carbocycles. The van der Waals surface area contributed by atoms with Crippen LogP contribution in [0.1, 0.15) is 23.7 Å². The number of methoxy groups -OCH3 is 1. The van der Waals surface area contributed by atoms with E-state index in [4.69, 9.17) is 9.88 Å². The molecule has 0 spiro atoms. The highest BCUT2D eigenvalue weighted by Gasteiger charge is 2.19. The molecule has 10 heteroatoms. The van der Waals surface area contributed by atoms with E-state index in [1.54, 1.807) is 42.5 Å². The van der Waals surface area contributed by atoms with Crippen molar-refractivity contribution in [2.24, 2.45) is 5.14 Å². The molecule has 3 aromatic carbocycles. The lowest BCUT2D eigenvalue weighted by Gasteiger charge is -2.16. The van der Waals surface area contributed by atoms with E-state index < -0.39 is 15.3 Å². The summed E-state index contributed by atoms with van der Waals surface area (Å²) >= 11 is 1.37. The maximum Gasteiger partial charge on any atom is 0.255 e. The molecular formula is C24H25N3O5S2. The normalized spacial score (nSPS) is 12.0. The van der Waals surface area contributed by atoms with E-state index >= 15 is 0 Å². The van der Waals surface area contributed by atoms with Crippen molar-refractivity contribution >= 4 is 45.0 Å². The summed E-state index contributed by atoms with van der Waals surface area (Å²) in [6.45, 7) is 1.90. The Morgan fingerprint density at radius 1 is 0.971 bits per heavy atom. The number of nitrogens with two attached hydrogens (primary N) is 1. The Morgan fingerprint density at radius 2 is 1.68 bits per heavy atom. The first kappa shape index (κ1) is 25.3. The first-order chi connectivity index (χ1) is 16.2. The molecule has 3 aromatic rings. The fourth-order valence-corrected chi connectivity index (χ4v) is 4.58. The molecule has 34 heavy (non-hydrogen) atoms. The van der Waals surface area contributed by atoms with Gasteiger partial charge in [0.25, 0.3) is 5.91 Å². The van der Waals surface area contributed by atoms with Crippen LogP contribution in [0.2, 0.25) is 0 Å². The van der Waals surface area contributed by atoms with Crippen LogP contribution in [0.25, 0.3) is 0 Å². The topological polar surface area (TPSA) is 128 Å². The zero-order valence-electron chi connectivity index (χ0n) is 18.6. The van der Waals surface area contributed by atoms with E-state index in [-0.39, 0.29) is 16.7 Å². The van der Waals surface area contributed by atoms with Crippen LogP contribution in [0, 0.1) is 0 Å². The van der Waals surface area contributed by atoms with Crippen molar-refractivity contribution in [3.63, 3.8) is 0 Å². The molecular weight excluding hydrogens is 474 g/mol. The second-order valence-corrected chi connectivity index (χ2v) is 10.1. The summed E-state index contributed by atoms with van der Waals surface area (Å²) in [5.41, 5.74) is 1.54. The summed E-state index contributed by atoms with van der Waals surface area (Å²) in [5, 5.41) is 10.4. The van der Waals surface area contributed by atoms with Gasteiger partial charge in [0.15, 0.2) is 0 Å². The minimum Gasteiger partial charge on any atom is -0.497 e. The Morgan fingerprint density at radius 3 is 2.32 bits per heavy atom. The summed E-state index contributed by atoms with van der Waals surface area (Å²) in [6, 6.07) is 19.8. The molecule has 1 unspecified atom stereocenters. The monoisotopic (exact) mass is 499 g/mol. The van der Waals surface area contributed by atoms with Crippen molar-refractivity contribution < 1.29 is 22.7 Å². The van der Waals surface area contributed by atoms with E-state index in [0.717, 1.165) is 4.90 Å². The third-order valence-electron chi connectivity index (χ3n) is 4.82. The SMILES string of the molecule is CCC(Sc1cccc(NC(=O)c2cccc(OC)c2)c1)C(=O)Nc1ccc(S(N)(=O)=O)cc1. The smallest absolute Gasteiger partial charge is 0.255 e. The van der Waals surface area contributed by atoms with Gasteiger partial charge in [0.1, 0.15) is 5.75 Å². The van der Waals surface area contributed by atoms with Gasteiger partial charge in [-0.15, -0.1) is 11.8 Å². The fourth-order valence-electron chi connectivity index (χ4n) is 3.05. The second kappa shape index (κ2) is 11.2. The molecule has 178 valence electrons. The Balaban J connectivity index is 1.66. The number of hydrogen-bond acceptors (Lipinski definition) is 6. The first-order valence-corrected chi connectivity index (χ1v) is 12.8. The molecule has 0 aromatic heterocycles. The minimum atomic E-state index is -3.80. The van der Waals surface area contributed by atoms with Gasteiger partial charge in [-0.25, -0.2) is 13.6 Å². The molecule has 0 aliphatic rings. The molecule has 0 aliphatic heterocycles. The number of primary sulfonamides is 1. The molecule has 1 atom stereocenters. The molecule has 4 N–H and O–H groups in total. The van der Waals surface area contributed by atoms with Crippen molar-refractivity contribution in [2.75, 3.05) is 17.7 Å². The summed E-state index contributed by atoms with van der Waals surface area (Å²) in [7, 11) is -2.26. The number of amides is 2. The van der Waals surface area contributed by atoms with Gasteiger partial charge in [-0.1, -0.05) is 19.1 Å². The summed E-state index contributed by atoms with van der Waals surface area (Å²) < 4.78 is 27.9. The van der Waals surface area contributed by atoms with Crippen molar-refractivity contribution in [3.05, 3.63) is 78.4 Å². The Hall–Kier alpha value is -3.34. The van der Waals surface area contributed by atoms with Crippen LogP contribution in [0.3, 0.4) is 0 Å². The number of benzene rings is 3. The van der Waals surface area contributed by atoms with Crippen LogP contribution in [0.4, 0.5) is 11.4 Å². The minimum absolute atomic E-state index is 0.0280. The van der Waals surface area contributed by atoms with Crippen LogP contribution < -0.4 is 20.5 Å². The molecule has 0 saturated carbocycles. The number of carbonyl (C=O) groups excluding carboxylic acids is 2. The highest BCUT2D eigenvalue weighted by Crippen LogP contribution is 2.29. The summed E-state index contributed by atoms with van der Waals surface area (Å²) in [6.07, 6.45) is 0.562. The second-order valence-electron chi connectivity index (χ2n) is 7.29. The van der Waals surface area contributed by atoms with Gasteiger partial charge in [-0.05, 0) is 67.1 Å². The van der Waals surface area contributed by atoms with Crippen LogP contribution in [0.5, 0.6) is 5.75 Å². The molecule has 8 nitrogen and oxygen atoms in total. The van der Waals surface area contributed by atoms with Gasteiger partial charge in [0.05, 0.1) is 17.3 Å². The van der Waals surface area contributed by atoms with Crippen LogP contribution in [0.15, 0.2) is 82.6 Å². The predicted molar refractivity (Wildman–Crippen MR) is 134 cm³/mol.